The molecule has 2 aromatic carbocycles. The molecule has 0 aliphatic carbocycles. The molecule has 0 bridgehead atoms. The average molecular weight is 410 g/mol. The van der Waals surface area contributed by atoms with Crippen LogP contribution in [-0.2, 0) is 4.74 Å². The minimum atomic E-state index is -0.349. The van der Waals surface area contributed by atoms with Crippen molar-refractivity contribution < 1.29 is 14.2 Å². The summed E-state index contributed by atoms with van der Waals surface area (Å²) in [4.78, 5) is 12.2. The number of aromatic amines is 1. The third kappa shape index (κ3) is 4.32. The van der Waals surface area contributed by atoms with Gasteiger partial charge in [-0.1, -0.05) is 0 Å². The van der Waals surface area contributed by atoms with Crippen LogP contribution in [0.3, 0.4) is 0 Å². The highest BCUT2D eigenvalue weighted by molar-refractivity contribution is 6.02. The van der Waals surface area contributed by atoms with Gasteiger partial charge in [-0.15, -0.1) is 0 Å². The molecule has 0 spiro atoms. The lowest BCUT2D eigenvalue weighted by Gasteiger charge is -2.36. The van der Waals surface area contributed by atoms with Crippen molar-refractivity contribution in [1.82, 2.24) is 9.88 Å². The zero-order valence-corrected chi connectivity index (χ0v) is 17.4. The van der Waals surface area contributed by atoms with Gasteiger partial charge in [-0.3, -0.25) is 9.89 Å². The minimum Gasteiger partial charge on any atom is -0.494 e. The summed E-state index contributed by atoms with van der Waals surface area (Å²) < 4.78 is 18.6. The zero-order chi connectivity index (χ0) is 21.1. The van der Waals surface area contributed by atoms with Gasteiger partial charge in [0.2, 0.25) is 0 Å². The average Bonchev–Trinajstić information content (AvgIpc) is 3.05. The molecule has 1 aliphatic rings. The van der Waals surface area contributed by atoms with Crippen LogP contribution in [0, 0.1) is 12.7 Å². The van der Waals surface area contributed by atoms with Gasteiger partial charge in [0.1, 0.15) is 5.82 Å². The highest BCUT2D eigenvalue weighted by atomic mass is 19.1. The van der Waals surface area contributed by atoms with Gasteiger partial charge in [-0.05, 0) is 48.9 Å². The Morgan fingerprint density at radius 2 is 1.97 bits per heavy atom. The van der Waals surface area contributed by atoms with E-state index >= 15 is 0 Å². The molecule has 0 amide bonds. The molecule has 1 fully saturated rings. The molecular formula is C23H27FN4O2. The Hall–Kier alpha value is -2.90. The smallest absolute Gasteiger partial charge is 0.198 e. The summed E-state index contributed by atoms with van der Waals surface area (Å²) in [7, 11) is 1.74. The lowest BCUT2D eigenvalue weighted by atomic mass is 10.1. The number of methoxy groups -OCH3 is 1. The number of nitrogens with one attached hydrogen (secondary N) is 1. The van der Waals surface area contributed by atoms with Gasteiger partial charge in [0.25, 0.3) is 0 Å². The lowest BCUT2D eigenvalue weighted by molar-refractivity contribution is 0.144. The van der Waals surface area contributed by atoms with E-state index in [1.807, 2.05) is 6.07 Å². The SMILES string of the molecule is COCCN1CCN(c2ccc(N=Cc3c(O)[nH]c4cc(F)ccc34)cc2C)CC1. The van der Waals surface area contributed by atoms with Gasteiger partial charge in [-0.25, -0.2) is 4.39 Å². The number of nitrogens with zero attached hydrogens (tertiary/aromatic N) is 3. The largest absolute Gasteiger partial charge is 0.494 e. The number of aryl methyl sites for hydroxylation is 1. The van der Waals surface area contributed by atoms with Gasteiger partial charge in [-0.2, -0.15) is 0 Å². The van der Waals surface area contributed by atoms with E-state index in [4.69, 9.17) is 4.74 Å². The van der Waals surface area contributed by atoms with Crippen molar-refractivity contribution in [3.8, 4) is 5.88 Å². The van der Waals surface area contributed by atoms with Crippen molar-refractivity contribution in [3.63, 3.8) is 0 Å². The van der Waals surface area contributed by atoms with Gasteiger partial charge in [0.05, 0.1) is 23.4 Å². The second kappa shape index (κ2) is 8.85. The lowest BCUT2D eigenvalue weighted by Crippen LogP contribution is -2.47. The van der Waals surface area contributed by atoms with E-state index in [1.54, 1.807) is 19.4 Å². The number of benzene rings is 2. The molecule has 0 radical (unpaired) electrons. The summed E-state index contributed by atoms with van der Waals surface area (Å²) in [6, 6.07) is 10.5. The number of hydrogen-bond donors (Lipinski definition) is 2. The molecule has 3 aromatic rings. The monoisotopic (exact) mass is 410 g/mol. The summed E-state index contributed by atoms with van der Waals surface area (Å²) in [5, 5.41) is 10.9. The normalized spacial score (nSPS) is 15.5. The highest BCUT2D eigenvalue weighted by Crippen LogP contribution is 2.29. The molecule has 0 unspecified atom stereocenters. The minimum absolute atomic E-state index is 0.0148. The molecule has 158 valence electrons. The quantitative estimate of drug-likeness (QED) is 0.606. The summed E-state index contributed by atoms with van der Waals surface area (Å²) >= 11 is 0. The fraction of sp³-hybridized carbons (Fsp3) is 0.348. The molecule has 6 nitrogen and oxygen atoms in total. The topological polar surface area (TPSA) is 64.1 Å². The van der Waals surface area contributed by atoms with Crippen molar-refractivity contribution >= 4 is 28.5 Å². The Morgan fingerprint density at radius 1 is 1.17 bits per heavy atom. The molecule has 2 N–H and O–H groups in total. The first-order valence-electron chi connectivity index (χ1n) is 10.2. The summed E-state index contributed by atoms with van der Waals surface area (Å²) in [5.74, 6) is -0.364. The number of ether oxygens (including phenoxy) is 1. The number of aromatic hydroxyl groups is 1. The molecule has 1 aliphatic heterocycles. The third-order valence-electron chi connectivity index (χ3n) is 5.63. The van der Waals surface area contributed by atoms with E-state index in [0.29, 0.717) is 11.1 Å². The molecule has 1 saturated heterocycles. The fourth-order valence-electron chi connectivity index (χ4n) is 3.95. The fourth-order valence-corrected chi connectivity index (χ4v) is 3.95. The van der Waals surface area contributed by atoms with E-state index in [9.17, 15) is 9.50 Å². The van der Waals surface area contributed by atoms with Crippen molar-refractivity contribution in [3.05, 3.63) is 53.3 Å². The van der Waals surface area contributed by atoms with Crippen LogP contribution in [0.4, 0.5) is 15.8 Å². The maximum Gasteiger partial charge on any atom is 0.198 e. The van der Waals surface area contributed by atoms with Gasteiger partial charge in [0.15, 0.2) is 5.88 Å². The van der Waals surface area contributed by atoms with Crippen LogP contribution in [0.15, 0.2) is 41.4 Å². The van der Waals surface area contributed by atoms with Crippen LogP contribution in [0.2, 0.25) is 0 Å². The number of aliphatic imine (C=N–C) groups is 1. The van der Waals surface area contributed by atoms with Gasteiger partial charge >= 0.3 is 0 Å². The molecule has 1 aromatic heterocycles. The molecule has 2 heterocycles. The number of rotatable bonds is 6. The van der Waals surface area contributed by atoms with E-state index in [2.05, 4.69) is 38.8 Å². The Balaban J connectivity index is 1.47. The maximum absolute atomic E-state index is 13.4. The Morgan fingerprint density at radius 3 is 2.70 bits per heavy atom. The summed E-state index contributed by atoms with van der Waals surface area (Å²) in [6.45, 7) is 7.89. The Labute approximate surface area is 175 Å². The standard InChI is InChI=1S/C23H27FN4O2/c1-16-13-18(4-6-22(16)28-9-7-27(8-10-28)11-12-30-2)25-15-20-19-5-3-17(24)14-21(19)26-23(20)29/h3-6,13-15,26,29H,7-12H2,1-2H3. The highest BCUT2D eigenvalue weighted by Gasteiger charge is 2.18. The zero-order valence-electron chi connectivity index (χ0n) is 17.4. The predicted molar refractivity (Wildman–Crippen MR) is 119 cm³/mol. The molecule has 7 heteroatoms. The van der Waals surface area contributed by atoms with Crippen LogP contribution in [0.25, 0.3) is 10.9 Å². The van der Waals surface area contributed by atoms with Gasteiger partial charge in [0, 0.05) is 57.1 Å². The van der Waals surface area contributed by atoms with Crippen LogP contribution < -0.4 is 4.90 Å². The number of H-pyrrole nitrogens is 1. The van der Waals surface area contributed by atoms with E-state index in [0.717, 1.165) is 50.4 Å². The first-order valence-corrected chi connectivity index (χ1v) is 10.2. The van der Waals surface area contributed by atoms with Crippen LogP contribution in [0.1, 0.15) is 11.1 Å². The van der Waals surface area contributed by atoms with E-state index < -0.39 is 0 Å². The van der Waals surface area contributed by atoms with Gasteiger partial charge < -0.3 is 19.7 Å². The number of fused-ring (bicyclic) bond motifs is 1. The predicted octanol–water partition coefficient (Wildman–Crippen LogP) is 3.84. The van der Waals surface area contributed by atoms with Crippen LogP contribution in [-0.4, -0.2) is 67.6 Å². The first kappa shape index (κ1) is 20.4. The second-order valence-corrected chi connectivity index (χ2v) is 7.63. The summed E-state index contributed by atoms with van der Waals surface area (Å²) in [6.07, 6.45) is 1.62. The van der Waals surface area contributed by atoms with E-state index in [1.165, 1.54) is 23.4 Å². The van der Waals surface area contributed by atoms with Crippen molar-refractivity contribution in [2.75, 3.05) is 51.3 Å². The number of halogens is 1. The summed E-state index contributed by atoms with van der Waals surface area (Å²) in [5.41, 5.74) is 4.31. The Kier molecular flexibility index (Phi) is 6.01. The first-order chi connectivity index (χ1) is 14.5. The van der Waals surface area contributed by atoms with Crippen molar-refractivity contribution in [1.29, 1.82) is 0 Å². The number of anilines is 1. The van der Waals surface area contributed by atoms with E-state index in [-0.39, 0.29) is 11.7 Å². The van der Waals surface area contributed by atoms with Crippen molar-refractivity contribution in [2.24, 2.45) is 4.99 Å². The van der Waals surface area contributed by atoms with Crippen LogP contribution >= 0.6 is 0 Å². The van der Waals surface area contributed by atoms with Crippen molar-refractivity contribution in [2.45, 2.75) is 6.92 Å². The molecule has 30 heavy (non-hydrogen) atoms. The number of hydrogen-bond acceptors (Lipinski definition) is 5. The number of piperazine rings is 1. The van der Waals surface area contributed by atoms with Crippen LogP contribution in [0.5, 0.6) is 5.88 Å². The maximum atomic E-state index is 13.4. The molecule has 4 rings (SSSR count). The molecule has 0 atom stereocenters. The Bertz CT molecular complexity index is 1050. The third-order valence-corrected chi connectivity index (χ3v) is 5.63. The number of aromatic nitrogens is 1. The second-order valence-electron chi connectivity index (χ2n) is 7.63. The molecular weight excluding hydrogens is 383 g/mol. The molecule has 0 saturated carbocycles.